The second-order valence-corrected chi connectivity index (χ2v) is 8.51. The maximum atomic E-state index is 13.1. The number of carbonyl (C=O) groups is 1. The summed E-state index contributed by atoms with van der Waals surface area (Å²) in [6.07, 6.45) is 7.33. The Bertz CT molecular complexity index is 1010. The fraction of sp³-hybridized carbons (Fsp3) is 0.292. The molecule has 5 nitrogen and oxygen atoms in total. The lowest BCUT2D eigenvalue weighted by Gasteiger charge is -2.32. The lowest BCUT2D eigenvalue weighted by molar-refractivity contribution is -0.125. The summed E-state index contributed by atoms with van der Waals surface area (Å²) in [5.74, 6) is 0.341. The van der Waals surface area contributed by atoms with E-state index in [1.54, 1.807) is 36.3 Å². The second-order valence-electron chi connectivity index (χ2n) is 7.63. The lowest BCUT2D eigenvalue weighted by atomic mass is 9.97. The molecule has 31 heavy (non-hydrogen) atoms. The SMILES string of the molecule is CSc1ccc(CNC(=O)[C@H]2CCCN(c3ncc(-c4ccc(F)cc4)cn3)C2)cc1. The number of aromatic nitrogens is 2. The van der Waals surface area contributed by atoms with Crippen LogP contribution in [0.1, 0.15) is 18.4 Å². The van der Waals surface area contributed by atoms with Crippen molar-refractivity contribution >= 4 is 23.6 Å². The zero-order valence-electron chi connectivity index (χ0n) is 17.4. The van der Waals surface area contributed by atoms with Crippen molar-refractivity contribution in [3.8, 4) is 11.1 Å². The zero-order chi connectivity index (χ0) is 21.6. The highest BCUT2D eigenvalue weighted by Crippen LogP contribution is 2.23. The van der Waals surface area contributed by atoms with Crippen LogP contribution in [0.25, 0.3) is 11.1 Å². The molecule has 1 atom stereocenters. The highest BCUT2D eigenvalue weighted by atomic mass is 32.2. The number of hydrogen-bond acceptors (Lipinski definition) is 5. The molecule has 0 saturated carbocycles. The van der Waals surface area contributed by atoms with Gasteiger partial charge in [-0.3, -0.25) is 4.79 Å². The summed E-state index contributed by atoms with van der Waals surface area (Å²) in [4.78, 5) is 25.0. The van der Waals surface area contributed by atoms with Gasteiger partial charge in [-0.25, -0.2) is 14.4 Å². The largest absolute Gasteiger partial charge is 0.352 e. The lowest BCUT2D eigenvalue weighted by Crippen LogP contribution is -2.43. The molecule has 1 aliphatic rings. The zero-order valence-corrected chi connectivity index (χ0v) is 18.2. The summed E-state index contributed by atoms with van der Waals surface area (Å²) in [5.41, 5.74) is 2.80. The number of nitrogens with zero attached hydrogens (tertiary/aromatic N) is 3. The van der Waals surface area contributed by atoms with Crippen LogP contribution in [-0.4, -0.2) is 35.2 Å². The van der Waals surface area contributed by atoms with Crippen LogP contribution in [0.4, 0.5) is 10.3 Å². The molecular weight excluding hydrogens is 411 g/mol. The highest BCUT2D eigenvalue weighted by Gasteiger charge is 2.27. The molecule has 4 rings (SSSR count). The van der Waals surface area contributed by atoms with Crippen molar-refractivity contribution in [2.45, 2.75) is 24.3 Å². The molecule has 1 amide bonds. The molecule has 2 aromatic carbocycles. The predicted octanol–water partition coefficient (Wildman–Crippen LogP) is 4.54. The van der Waals surface area contributed by atoms with Gasteiger partial charge >= 0.3 is 0 Å². The van der Waals surface area contributed by atoms with Gasteiger partial charge in [0.15, 0.2) is 0 Å². The topological polar surface area (TPSA) is 58.1 Å². The fourth-order valence-electron chi connectivity index (χ4n) is 3.73. The van der Waals surface area contributed by atoms with Crippen LogP contribution >= 0.6 is 11.8 Å². The van der Waals surface area contributed by atoms with E-state index >= 15 is 0 Å². The Kier molecular flexibility index (Phi) is 6.82. The minimum Gasteiger partial charge on any atom is -0.352 e. The quantitative estimate of drug-likeness (QED) is 0.575. The van der Waals surface area contributed by atoms with E-state index < -0.39 is 0 Å². The number of rotatable bonds is 6. The smallest absolute Gasteiger partial charge is 0.225 e. The van der Waals surface area contributed by atoms with E-state index in [4.69, 9.17) is 0 Å². The van der Waals surface area contributed by atoms with Crippen molar-refractivity contribution in [3.63, 3.8) is 0 Å². The van der Waals surface area contributed by atoms with Crippen LogP contribution in [-0.2, 0) is 11.3 Å². The Balaban J connectivity index is 1.35. The van der Waals surface area contributed by atoms with Gasteiger partial charge in [0.05, 0.1) is 5.92 Å². The van der Waals surface area contributed by atoms with Crippen molar-refractivity contribution in [2.24, 2.45) is 5.92 Å². The van der Waals surface area contributed by atoms with Crippen molar-refractivity contribution < 1.29 is 9.18 Å². The van der Waals surface area contributed by atoms with Crippen molar-refractivity contribution in [1.29, 1.82) is 0 Å². The van der Waals surface area contributed by atoms with Crippen LogP contribution in [0.3, 0.4) is 0 Å². The van der Waals surface area contributed by atoms with Gasteiger partial charge in [-0.15, -0.1) is 11.8 Å². The molecule has 1 aromatic heterocycles. The molecule has 1 fully saturated rings. The molecule has 0 bridgehead atoms. The first kappa shape index (κ1) is 21.3. The van der Waals surface area contributed by atoms with Crippen LogP contribution in [0.15, 0.2) is 65.8 Å². The molecule has 1 N–H and O–H groups in total. The summed E-state index contributed by atoms with van der Waals surface area (Å²) in [7, 11) is 0. The average Bonchev–Trinajstić information content (AvgIpc) is 2.83. The molecule has 0 spiro atoms. The van der Waals surface area contributed by atoms with Crippen LogP contribution in [0, 0.1) is 11.7 Å². The molecule has 7 heteroatoms. The van der Waals surface area contributed by atoms with Gasteiger partial charge in [-0.1, -0.05) is 24.3 Å². The number of hydrogen-bond donors (Lipinski definition) is 1. The third kappa shape index (κ3) is 5.41. The van der Waals surface area contributed by atoms with Gasteiger partial charge in [-0.05, 0) is 54.5 Å². The normalized spacial score (nSPS) is 16.2. The summed E-state index contributed by atoms with van der Waals surface area (Å²) >= 11 is 1.70. The number of thioether (sulfide) groups is 1. The first-order chi connectivity index (χ1) is 15.1. The van der Waals surface area contributed by atoms with Gasteiger partial charge in [0.2, 0.25) is 11.9 Å². The van der Waals surface area contributed by atoms with Gasteiger partial charge in [0, 0.05) is 42.5 Å². The van der Waals surface area contributed by atoms with Crippen molar-refractivity contribution in [3.05, 3.63) is 72.3 Å². The molecule has 0 unspecified atom stereocenters. The Morgan fingerprint density at radius 2 is 1.81 bits per heavy atom. The number of carbonyl (C=O) groups excluding carboxylic acids is 1. The maximum Gasteiger partial charge on any atom is 0.225 e. The molecule has 1 aliphatic heterocycles. The van der Waals surface area contributed by atoms with Crippen LogP contribution < -0.4 is 10.2 Å². The van der Waals surface area contributed by atoms with Gasteiger partial charge in [0.25, 0.3) is 0 Å². The van der Waals surface area contributed by atoms with E-state index in [0.717, 1.165) is 36.1 Å². The third-order valence-corrected chi connectivity index (χ3v) is 6.26. The summed E-state index contributed by atoms with van der Waals surface area (Å²) in [6.45, 7) is 1.97. The second kappa shape index (κ2) is 9.92. The molecule has 1 saturated heterocycles. The van der Waals surface area contributed by atoms with Crippen molar-refractivity contribution in [1.82, 2.24) is 15.3 Å². The van der Waals surface area contributed by atoms with Crippen LogP contribution in [0.5, 0.6) is 0 Å². The van der Waals surface area contributed by atoms with E-state index in [1.807, 2.05) is 6.26 Å². The monoisotopic (exact) mass is 436 g/mol. The van der Waals surface area contributed by atoms with Crippen LogP contribution in [0.2, 0.25) is 0 Å². The number of amides is 1. The van der Waals surface area contributed by atoms with Gasteiger partial charge in [-0.2, -0.15) is 0 Å². The van der Waals surface area contributed by atoms with E-state index in [9.17, 15) is 9.18 Å². The van der Waals surface area contributed by atoms with E-state index in [2.05, 4.69) is 44.5 Å². The summed E-state index contributed by atoms with van der Waals surface area (Å²) in [5, 5.41) is 3.07. The highest BCUT2D eigenvalue weighted by molar-refractivity contribution is 7.98. The number of anilines is 1. The van der Waals surface area contributed by atoms with Gasteiger partial charge < -0.3 is 10.2 Å². The van der Waals surface area contributed by atoms with E-state index in [0.29, 0.717) is 19.0 Å². The average molecular weight is 437 g/mol. The predicted molar refractivity (Wildman–Crippen MR) is 122 cm³/mol. The molecule has 3 aromatic rings. The Hall–Kier alpha value is -2.93. The van der Waals surface area contributed by atoms with E-state index in [1.165, 1.54) is 17.0 Å². The molecular formula is C24H25FN4OS. The third-order valence-electron chi connectivity index (χ3n) is 5.52. The molecule has 2 heterocycles. The summed E-state index contributed by atoms with van der Waals surface area (Å²) in [6, 6.07) is 14.5. The molecule has 160 valence electrons. The van der Waals surface area contributed by atoms with Crippen molar-refractivity contribution in [2.75, 3.05) is 24.2 Å². The van der Waals surface area contributed by atoms with Gasteiger partial charge in [0.1, 0.15) is 5.82 Å². The number of halogens is 1. The fourth-order valence-corrected chi connectivity index (χ4v) is 4.13. The molecule has 0 radical (unpaired) electrons. The Morgan fingerprint density at radius 3 is 2.48 bits per heavy atom. The minimum atomic E-state index is -0.268. The standard InChI is InChI=1S/C24H25FN4OS/c1-31-22-10-4-17(5-11-22)13-26-23(30)19-3-2-12-29(16-19)24-27-14-20(15-28-24)18-6-8-21(25)9-7-18/h4-11,14-15,19H,2-3,12-13,16H2,1H3,(H,26,30)/t19-/m0/s1. The number of piperidine rings is 1. The molecule has 0 aliphatic carbocycles. The summed E-state index contributed by atoms with van der Waals surface area (Å²) < 4.78 is 13.1. The first-order valence-corrected chi connectivity index (χ1v) is 11.6. The maximum absolute atomic E-state index is 13.1. The number of benzene rings is 2. The first-order valence-electron chi connectivity index (χ1n) is 10.4. The Labute approximate surface area is 186 Å². The van der Waals surface area contributed by atoms with E-state index in [-0.39, 0.29) is 17.6 Å². The number of nitrogens with one attached hydrogen (secondary N) is 1. The minimum absolute atomic E-state index is 0.0709. The Morgan fingerprint density at radius 1 is 1.10 bits per heavy atom.